The van der Waals surface area contributed by atoms with Crippen LogP contribution in [0.1, 0.15) is 29.2 Å². The number of pyridine rings is 1. The second-order valence-electron chi connectivity index (χ2n) is 8.24. The predicted octanol–water partition coefficient (Wildman–Crippen LogP) is 7.39. The zero-order valence-electron chi connectivity index (χ0n) is 18.8. The van der Waals surface area contributed by atoms with Gasteiger partial charge >= 0.3 is 6.18 Å². The van der Waals surface area contributed by atoms with Gasteiger partial charge < -0.3 is 9.47 Å². The van der Waals surface area contributed by atoms with Crippen LogP contribution in [0.4, 0.5) is 18.9 Å². The molecule has 176 valence electrons. The van der Waals surface area contributed by atoms with Crippen LogP contribution < -0.4 is 9.47 Å². The van der Waals surface area contributed by atoms with Crippen LogP contribution in [-0.2, 0) is 12.6 Å². The SMILES string of the molecule is CC1Cc2cc(Oc3ccc(C(F)(F)F)cn3)cc(N=C(c3ccccc3)c3ccccc3)c2O1. The number of alkyl halides is 3. The largest absolute Gasteiger partial charge is 0.488 e. The van der Waals surface area contributed by atoms with E-state index in [2.05, 4.69) is 4.98 Å². The minimum atomic E-state index is -4.46. The van der Waals surface area contributed by atoms with Crippen molar-refractivity contribution in [1.29, 1.82) is 0 Å². The molecule has 5 rings (SSSR count). The Balaban J connectivity index is 1.57. The lowest BCUT2D eigenvalue weighted by Gasteiger charge is -2.13. The molecule has 0 amide bonds. The lowest BCUT2D eigenvalue weighted by molar-refractivity contribution is -0.137. The third-order valence-corrected chi connectivity index (χ3v) is 5.56. The van der Waals surface area contributed by atoms with Gasteiger partial charge in [0, 0.05) is 41.4 Å². The number of halogens is 3. The quantitative estimate of drug-likeness (QED) is 0.283. The number of ether oxygens (including phenoxy) is 2. The van der Waals surface area contributed by atoms with E-state index in [0.717, 1.165) is 34.7 Å². The summed E-state index contributed by atoms with van der Waals surface area (Å²) in [5.74, 6) is 1.16. The van der Waals surface area contributed by atoms with Crippen molar-refractivity contribution < 1.29 is 22.6 Å². The molecule has 0 saturated carbocycles. The normalized spacial score (nSPS) is 14.7. The van der Waals surface area contributed by atoms with E-state index < -0.39 is 11.7 Å². The van der Waals surface area contributed by atoms with E-state index in [1.165, 1.54) is 6.07 Å². The molecular weight excluding hydrogens is 453 g/mol. The van der Waals surface area contributed by atoms with E-state index in [1.54, 1.807) is 6.07 Å². The van der Waals surface area contributed by atoms with Crippen LogP contribution in [0.3, 0.4) is 0 Å². The monoisotopic (exact) mass is 474 g/mol. The summed E-state index contributed by atoms with van der Waals surface area (Å²) in [7, 11) is 0. The summed E-state index contributed by atoms with van der Waals surface area (Å²) in [6.45, 7) is 1.97. The van der Waals surface area contributed by atoms with Crippen LogP contribution in [0, 0.1) is 0 Å². The van der Waals surface area contributed by atoms with Crippen molar-refractivity contribution >= 4 is 11.4 Å². The topological polar surface area (TPSA) is 43.7 Å². The first-order valence-electron chi connectivity index (χ1n) is 11.1. The van der Waals surface area contributed by atoms with Crippen LogP contribution in [0.15, 0.2) is 96.1 Å². The van der Waals surface area contributed by atoms with E-state index in [-0.39, 0.29) is 12.0 Å². The zero-order valence-corrected chi connectivity index (χ0v) is 18.8. The van der Waals surface area contributed by atoms with Gasteiger partial charge in [0.15, 0.2) is 0 Å². The lowest BCUT2D eigenvalue weighted by atomic mass is 10.0. The highest BCUT2D eigenvalue weighted by molar-refractivity contribution is 6.14. The molecule has 0 radical (unpaired) electrons. The van der Waals surface area contributed by atoms with Gasteiger partial charge in [-0.2, -0.15) is 13.2 Å². The van der Waals surface area contributed by atoms with Crippen molar-refractivity contribution in [2.45, 2.75) is 25.6 Å². The Labute approximate surface area is 200 Å². The van der Waals surface area contributed by atoms with Gasteiger partial charge in [-0.15, -0.1) is 0 Å². The van der Waals surface area contributed by atoms with E-state index in [1.807, 2.05) is 73.7 Å². The molecule has 1 aromatic heterocycles. The number of hydrogen-bond donors (Lipinski definition) is 0. The third-order valence-electron chi connectivity index (χ3n) is 5.56. The lowest BCUT2D eigenvalue weighted by Crippen LogP contribution is -2.05. The highest BCUT2D eigenvalue weighted by Crippen LogP contribution is 2.43. The Morgan fingerprint density at radius 1 is 0.943 bits per heavy atom. The average molecular weight is 474 g/mol. The summed E-state index contributed by atoms with van der Waals surface area (Å²) in [6.07, 6.45) is -3.06. The maximum atomic E-state index is 12.9. The van der Waals surface area contributed by atoms with Gasteiger partial charge in [0.2, 0.25) is 5.88 Å². The van der Waals surface area contributed by atoms with Crippen LogP contribution in [0.2, 0.25) is 0 Å². The number of nitrogens with zero attached hydrogens (tertiary/aromatic N) is 2. The van der Waals surface area contributed by atoms with Crippen LogP contribution in [-0.4, -0.2) is 16.8 Å². The van der Waals surface area contributed by atoms with Gasteiger partial charge in [0.25, 0.3) is 0 Å². The van der Waals surface area contributed by atoms with E-state index in [0.29, 0.717) is 23.6 Å². The van der Waals surface area contributed by atoms with E-state index >= 15 is 0 Å². The average Bonchev–Trinajstić information content (AvgIpc) is 3.23. The summed E-state index contributed by atoms with van der Waals surface area (Å²) in [5, 5.41) is 0. The predicted molar refractivity (Wildman–Crippen MR) is 128 cm³/mol. The number of fused-ring (bicyclic) bond motifs is 1. The first-order valence-corrected chi connectivity index (χ1v) is 11.1. The molecule has 4 aromatic rings. The molecule has 0 saturated heterocycles. The summed E-state index contributed by atoms with van der Waals surface area (Å²) in [5.41, 5.74) is 3.31. The molecule has 35 heavy (non-hydrogen) atoms. The van der Waals surface area contributed by atoms with Crippen molar-refractivity contribution in [2.24, 2.45) is 4.99 Å². The molecule has 0 N–H and O–H groups in total. The number of aliphatic imine (C=N–C) groups is 1. The first-order chi connectivity index (χ1) is 16.9. The summed E-state index contributed by atoms with van der Waals surface area (Å²) in [4.78, 5) is 8.82. The molecule has 1 atom stereocenters. The second-order valence-corrected chi connectivity index (χ2v) is 8.24. The van der Waals surface area contributed by atoms with Gasteiger partial charge in [-0.05, 0) is 19.1 Å². The molecule has 0 bridgehead atoms. The Morgan fingerprint density at radius 3 is 2.17 bits per heavy atom. The molecule has 0 fully saturated rings. The van der Waals surface area contributed by atoms with Crippen molar-refractivity contribution in [3.8, 4) is 17.4 Å². The van der Waals surface area contributed by atoms with Gasteiger partial charge in [0.05, 0.1) is 11.3 Å². The third kappa shape index (κ3) is 5.04. The van der Waals surface area contributed by atoms with E-state index in [9.17, 15) is 13.2 Å². The molecule has 0 spiro atoms. The Morgan fingerprint density at radius 2 is 1.60 bits per heavy atom. The smallest absolute Gasteiger partial charge is 0.417 e. The van der Waals surface area contributed by atoms with Crippen molar-refractivity contribution in [3.05, 3.63) is 113 Å². The summed E-state index contributed by atoms with van der Waals surface area (Å²) in [6, 6.07) is 25.3. The van der Waals surface area contributed by atoms with Gasteiger partial charge in [-0.3, -0.25) is 0 Å². The fourth-order valence-electron chi connectivity index (χ4n) is 3.96. The minimum Gasteiger partial charge on any atom is -0.488 e. The second kappa shape index (κ2) is 9.25. The minimum absolute atomic E-state index is 0.0321. The number of rotatable bonds is 5. The molecule has 0 aliphatic carbocycles. The van der Waals surface area contributed by atoms with Crippen LogP contribution in [0.5, 0.6) is 17.4 Å². The molecule has 4 nitrogen and oxygen atoms in total. The van der Waals surface area contributed by atoms with Crippen molar-refractivity contribution in [3.63, 3.8) is 0 Å². The Kier molecular flexibility index (Phi) is 5.99. The molecular formula is C28H21F3N2O2. The molecule has 7 heteroatoms. The van der Waals surface area contributed by atoms with Gasteiger partial charge in [0.1, 0.15) is 23.3 Å². The van der Waals surface area contributed by atoms with Crippen molar-refractivity contribution in [1.82, 2.24) is 4.98 Å². The van der Waals surface area contributed by atoms with Crippen LogP contribution in [0.25, 0.3) is 0 Å². The standard InChI is InChI=1S/C28H21F3N2O2/c1-18-14-21-15-23(35-25-13-12-22(17-32-25)28(29,30)31)16-24(27(21)34-18)33-26(19-8-4-2-5-9-19)20-10-6-3-7-11-20/h2-13,15-18H,14H2,1H3. The Hall–Kier alpha value is -4.13. The molecule has 3 aromatic carbocycles. The summed E-state index contributed by atoms with van der Waals surface area (Å²) >= 11 is 0. The number of hydrogen-bond acceptors (Lipinski definition) is 4. The fourth-order valence-corrected chi connectivity index (χ4v) is 3.96. The molecule has 1 aliphatic heterocycles. The summed E-state index contributed by atoms with van der Waals surface area (Å²) < 4.78 is 50.5. The molecule has 2 heterocycles. The highest BCUT2D eigenvalue weighted by atomic mass is 19.4. The van der Waals surface area contributed by atoms with Crippen molar-refractivity contribution in [2.75, 3.05) is 0 Å². The van der Waals surface area contributed by atoms with Gasteiger partial charge in [-0.25, -0.2) is 9.98 Å². The maximum Gasteiger partial charge on any atom is 0.417 e. The first kappa shape index (κ1) is 22.7. The zero-order chi connectivity index (χ0) is 24.4. The Bertz CT molecular complexity index is 1310. The van der Waals surface area contributed by atoms with Gasteiger partial charge in [-0.1, -0.05) is 60.7 Å². The van der Waals surface area contributed by atoms with E-state index in [4.69, 9.17) is 14.5 Å². The number of aromatic nitrogens is 1. The molecule has 1 aliphatic rings. The number of benzene rings is 3. The van der Waals surface area contributed by atoms with Crippen LogP contribution >= 0.6 is 0 Å². The highest BCUT2D eigenvalue weighted by Gasteiger charge is 2.31. The fraction of sp³-hybridized carbons (Fsp3) is 0.143. The maximum absolute atomic E-state index is 12.9. The molecule has 1 unspecified atom stereocenters.